The van der Waals surface area contributed by atoms with Gasteiger partial charge in [0.15, 0.2) is 0 Å². The Morgan fingerprint density at radius 1 is 1.07 bits per heavy atom. The molecule has 0 bridgehead atoms. The number of rotatable bonds is 12. The van der Waals surface area contributed by atoms with Crippen molar-refractivity contribution >= 4 is 30.2 Å². The molecular weight excluding hydrogens is 602 g/mol. The summed E-state index contributed by atoms with van der Waals surface area (Å²) < 4.78 is 30.2. The lowest BCUT2D eigenvalue weighted by Crippen LogP contribution is -2.46. The molecule has 0 fully saturated rings. The monoisotopic (exact) mass is 642 g/mol. The fourth-order valence-corrected chi connectivity index (χ4v) is 5.41. The third-order valence-electron chi connectivity index (χ3n) is 6.79. The van der Waals surface area contributed by atoms with Crippen LogP contribution in [0.4, 0.5) is 8.78 Å². The molecule has 0 spiro atoms. The first-order valence-corrected chi connectivity index (χ1v) is 15.5. The summed E-state index contributed by atoms with van der Waals surface area (Å²) in [5.41, 5.74) is 7.83. The summed E-state index contributed by atoms with van der Waals surface area (Å²) in [5.74, 6) is 1.63. The van der Waals surface area contributed by atoms with Crippen LogP contribution in [0, 0.1) is 0 Å². The number of fused-ring (bicyclic) bond motifs is 3. The van der Waals surface area contributed by atoms with E-state index >= 15 is 0 Å². The van der Waals surface area contributed by atoms with Gasteiger partial charge in [0.05, 0.1) is 16.3 Å². The quantitative estimate of drug-likeness (QED) is 0.107. The summed E-state index contributed by atoms with van der Waals surface area (Å²) in [4.78, 5) is 35.4. The number of nitrogens with one attached hydrogen (secondary N) is 3. The number of amides is 1. The van der Waals surface area contributed by atoms with E-state index < -0.39 is 6.61 Å². The van der Waals surface area contributed by atoms with E-state index in [2.05, 4.69) is 39.0 Å². The average molecular weight is 643 g/mol. The second-order valence-electron chi connectivity index (χ2n) is 10.1. The number of hydrogen-bond acceptors (Lipinski definition) is 9. The minimum atomic E-state index is -2.62. The second-order valence-corrected chi connectivity index (χ2v) is 11.2. The smallest absolute Gasteiger partial charge is 0.345 e. The largest absolute Gasteiger partial charge is 0.455 e. The normalized spacial score (nSPS) is 12.6. The Bertz CT molecular complexity index is 1390. The van der Waals surface area contributed by atoms with E-state index in [1.54, 1.807) is 36.0 Å². The van der Waals surface area contributed by atoms with Gasteiger partial charge in [0.1, 0.15) is 24.1 Å². The zero-order valence-electron chi connectivity index (χ0n) is 25.5. The zero-order chi connectivity index (χ0) is 32.4. The second kappa shape index (κ2) is 19.7. The number of hydrazine groups is 1. The minimum absolute atomic E-state index is 0.0192. The van der Waals surface area contributed by atoms with Gasteiger partial charge in [0, 0.05) is 38.7 Å². The van der Waals surface area contributed by atoms with Crippen LogP contribution in [-0.4, -0.2) is 63.9 Å². The van der Waals surface area contributed by atoms with Crippen molar-refractivity contribution in [2.75, 3.05) is 33.8 Å². The van der Waals surface area contributed by atoms with E-state index in [0.29, 0.717) is 31.6 Å². The molecule has 3 aromatic rings. The van der Waals surface area contributed by atoms with E-state index in [1.807, 2.05) is 30.3 Å². The number of para-hydroxylation sites is 1. The highest BCUT2D eigenvalue weighted by atomic mass is 32.2. The van der Waals surface area contributed by atoms with Crippen molar-refractivity contribution in [2.45, 2.75) is 55.2 Å². The van der Waals surface area contributed by atoms with Gasteiger partial charge in [-0.3, -0.25) is 14.6 Å². The number of nitrogens with zero attached hydrogens (tertiary/aromatic N) is 1. The average Bonchev–Trinajstić information content (AvgIpc) is 3.07. The third-order valence-corrected chi connectivity index (χ3v) is 7.90. The molecule has 2 aliphatic heterocycles. The van der Waals surface area contributed by atoms with E-state index in [1.165, 1.54) is 16.7 Å². The number of alkyl halides is 2. The molecule has 0 saturated heterocycles. The summed E-state index contributed by atoms with van der Waals surface area (Å²) >= 11 is 1.66. The molecule has 0 radical (unpaired) electrons. The molecule has 0 aliphatic carbocycles. The third kappa shape index (κ3) is 12.0. The number of methoxy groups -OCH3 is 1. The van der Waals surface area contributed by atoms with E-state index in [4.69, 9.17) is 4.74 Å². The number of hydrogen-bond donors (Lipinski definition) is 3. The van der Waals surface area contributed by atoms with Gasteiger partial charge >= 0.3 is 6.61 Å². The Labute approximate surface area is 267 Å². The van der Waals surface area contributed by atoms with Crippen molar-refractivity contribution in [3.05, 3.63) is 82.9 Å². The summed E-state index contributed by atoms with van der Waals surface area (Å²) in [6, 6.07) is 19.9. The lowest BCUT2D eigenvalue weighted by atomic mass is 9.98. The number of carbonyl (C=O) groups is 3. The van der Waals surface area contributed by atoms with Crippen LogP contribution in [-0.2, 0) is 33.8 Å². The fourth-order valence-electron chi connectivity index (χ4n) is 4.48. The highest BCUT2D eigenvalue weighted by molar-refractivity contribution is 7.99. The van der Waals surface area contributed by atoms with Crippen LogP contribution in [0.15, 0.2) is 70.5 Å². The Morgan fingerprint density at radius 2 is 1.84 bits per heavy atom. The van der Waals surface area contributed by atoms with Crippen LogP contribution >= 0.6 is 11.8 Å². The van der Waals surface area contributed by atoms with Crippen LogP contribution in [0.1, 0.15) is 46.3 Å². The molecule has 45 heavy (non-hydrogen) atoms. The standard InChI is InChI=1S/C18H28N4O2.C13H8O2S.C2H4F2O/c1-19-14-18(24)22(9-3-2-4-10-23)21-12-15-5-6-17-13-20-8-7-16(17)11-15;14-8-9-5-6-13-11(7-9)15-10-3-1-2-4-12(10)16-13;1-5-2(3)4/h5-6,10-11,19-21H,2-4,7-9,12-14H2,1H3;1-8H;2H,1H3. The maximum absolute atomic E-state index is 12.2. The number of benzene rings is 3. The molecule has 0 atom stereocenters. The van der Waals surface area contributed by atoms with Gasteiger partial charge < -0.3 is 24.9 Å². The molecule has 9 nitrogen and oxygen atoms in total. The molecule has 0 aromatic heterocycles. The zero-order valence-corrected chi connectivity index (χ0v) is 26.3. The van der Waals surface area contributed by atoms with Crippen LogP contribution in [0.25, 0.3) is 0 Å². The molecule has 2 heterocycles. The van der Waals surface area contributed by atoms with Gasteiger partial charge in [-0.1, -0.05) is 48.2 Å². The van der Waals surface area contributed by atoms with Crippen molar-refractivity contribution in [1.82, 2.24) is 21.1 Å². The van der Waals surface area contributed by atoms with Crippen LogP contribution in [0.5, 0.6) is 11.5 Å². The Hall–Kier alpha value is -3.68. The topological polar surface area (TPSA) is 109 Å². The number of likely N-dealkylation sites (N-methyl/N-ethyl adjacent to an activating group) is 1. The lowest BCUT2D eigenvalue weighted by molar-refractivity contribution is -0.133. The molecule has 242 valence electrons. The fraction of sp³-hybridized carbons (Fsp3) is 0.364. The number of halogens is 2. The maximum Gasteiger partial charge on any atom is 0.345 e. The predicted molar refractivity (Wildman–Crippen MR) is 170 cm³/mol. The Kier molecular flexibility index (Phi) is 15.6. The number of carbonyl (C=O) groups excluding carboxylic acids is 3. The first kappa shape index (κ1) is 35.8. The lowest BCUT2D eigenvalue weighted by Gasteiger charge is -2.24. The number of ether oxygens (including phenoxy) is 2. The van der Waals surface area contributed by atoms with Crippen LogP contribution < -0.4 is 20.8 Å². The molecule has 0 unspecified atom stereocenters. The molecule has 3 aromatic carbocycles. The van der Waals surface area contributed by atoms with E-state index in [0.717, 1.165) is 73.3 Å². The first-order valence-electron chi connectivity index (χ1n) is 14.7. The molecule has 2 aliphatic rings. The molecule has 0 saturated carbocycles. The molecule has 3 N–H and O–H groups in total. The van der Waals surface area contributed by atoms with Gasteiger partial charge in [0.2, 0.25) is 0 Å². The van der Waals surface area contributed by atoms with Gasteiger partial charge in [-0.2, -0.15) is 8.78 Å². The summed E-state index contributed by atoms with van der Waals surface area (Å²) in [6.07, 6.45) is 4.98. The van der Waals surface area contributed by atoms with E-state index in [9.17, 15) is 23.2 Å². The van der Waals surface area contributed by atoms with Crippen LogP contribution in [0.2, 0.25) is 0 Å². The predicted octanol–water partition coefficient (Wildman–Crippen LogP) is 5.37. The summed E-state index contributed by atoms with van der Waals surface area (Å²) in [6.45, 7) is 0.888. The number of aldehydes is 2. The van der Waals surface area contributed by atoms with Gasteiger partial charge in [-0.05, 0) is 73.8 Å². The summed E-state index contributed by atoms with van der Waals surface area (Å²) in [5, 5.41) is 7.94. The van der Waals surface area contributed by atoms with Gasteiger partial charge in [-0.15, -0.1) is 0 Å². The highest BCUT2D eigenvalue weighted by Crippen LogP contribution is 2.46. The van der Waals surface area contributed by atoms with Crippen molar-refractivity contribution in [1.29, 1.82) is 0 Å². The van der Waals surface area contributed by atoms with Crippen molar-refractivity contribution in [3.63, 3.8) is 0 Å². The Morgan fingerprint density at radius 3 is 2.58 bits per heavy atom. The van der Waals surface area contributed by atoms with Crippen molar-refractivity contribution in [3.8, 4) is 11.5 Å². The highest BCUT2D eigenvalue weighted by Gasteiger charge is 2.17. The van der Waals surface area contributed by atoms with E-state index in [-0.39, 0.29) is 5.91 Å². The molecule has 5 rings (SSSR count). The summed E-state index contributed by atoms with van der Waals surface area (Å²) in [7, 11) is 2.71. The molecular formula is C33H40F2N4O5S. The van der Waals surface area contributed by atoms with Crippen molar-refractivity contribution in [2.24, 2.45) is 0 Å². The van der Waals surface area contributed by atoms with Crippen molar-refractivity contribution < 1.29 is 32.6 Å². The Balaban J connectivity index is 0.000000225. The first-order chi connectivity index (χ1) is 21.9. The van der Waals surface area contributed by atoms with Gasteiger partial charge in [0.25, 0.3) is 5.91 Å². The SMILES string of the molecule is CNCC(=O)N(CCCCC=O)NCc1ccc2c(c1)CCNC2.COC(F)F.O=Cc1ccc2c(c1)Oc1ccccc1S2. The van der Waals surface area contributed by atoms with Gasteiger partial charge in [-0.25, -0.2) is 5.43 Å². The molecule has 12 heteroatoms. The number of unbranched alkanes of at least 4 members (excludes halogenated alkanes) is 2. The molecule has 1 amide bonds. The maximum atomic E-state index is 12.2. The minimum Gasteiger partial charge on any atom is -0.455 e. The van der Waals surface area contributed by atoms with Crippen LogP contribution in [0.3, 0.4) is 0 Å².